The molecule has 0 bridgehead atoms. The van der Waals surface area contributed by atoms with Crippen molar-refractivity contribution in [1.82, 2.24) is 4.31 Å². The number of ether oxygens (including phenoxy) is 2. The normalized spacial score (nSPS) is 14.4. The smallest absolute Gasteiger partial charge is 0.255 e. The van der Waals surface area contributed by atoms with Crippen LogP contribution in [-0.4, -0.2) is 44.9 Å². The van der Waals surface area contributed by atoms with Crippen LogP contribution in [-0.2, 0) is 10.0 Å². The van der Waals surface area contributed by atoms with Gasteiger partial charge in [0.25, 0.3) is 5.91 Å². The van der Waals surface area contributed by atoms with Crippen molar-refractivity contribution in [2.45, 2.75) is 43.0 Å². The summed E-state index contributed by atoms with van der Waals surface area (Å²) in [5.74, 6) is 1.14. The number of carbonyl (C=O) groups is 1. The Labute approximate surface area is 213 Å². The first-order valence-electron chi connectivity index (χ1n) is 12.2. The van der Waals surface area contributed by atoms with E-state index in [1.165, 1.54) is 4.31 Å². The average Bonchev–Trinajstić information content (AvgIpc) is 2.92. The van der Waals surface area contributed by atoms with Crippen LogP contribution in [0.3, 0.4) is 0 Å². The number of rotatable bonds is 10. The molecule has 1 fully saturated rings. The number of anilines is 1. The zero-order valence-electron chi connectivity index (χ0n) is 20.4. The topological polar surface area (TPSA) is 84.9 Å². The van der Waals surface area contributed by atoms with E-state index in [4.69, 9.17) is 9.47 Å². The second-order valence-electron chi connectivity index (χ2n) is 8.83. The predicted octanol–water partition coefficient (Wildman–Crippen LogP) is 5.35. The maximum Gasteiger partial charge on any atom is 0.255 e. The van der Waals surface area contributed by atoms with Gasteiger partial charge < -0.3 is 14.8 Å². The van der Waals surface area contributed by atoms with Gasteiger partial charge in [-0.15, -0.1) is 0 Å². The Kier molecular flexibility index (Phi) is 8.61. The van der Waals surface area contributed by atoms with Gasteiger partial charge in [0.2, 0.25) is 10.0 Å². The second-order valence-corrected chi connectivity index (χ2v) is 10.8. The average molecular weight is 509 g/mol. The number of hydrogen-bond donors (Lipinski definition) is 1. The summed E-state index contributed by atoms with van der Waals surface area (Å²) in [5.41, 5.74) is 0.995. The summed E-state index contributed by atoms with van der Waals surface area (Å²) in [6.07, 6.45) is 5.08. The van der Waals surface area contributed by atoms with Gasteiger partial charge in [0.05, 0.1) is 4.90 Å². The van der Waals surface area contributed by atoms with Crippen LogP contribution in [0, 0.1) is 0 Å². The molecule has 1 N–H and O–H groups in total. The summed E-state index contributed by atoms with van der Waals surface area (Å²) in [6.45, 7) is 0.792. The molecular weight excluding hydrogens is 476 g/mol. The number of sulfonamides is 1. The predicted molar refractivity (Wildman–Crippen MR) is 140 cm³/mol. The van der Waals surface area contributed by atoms with E-state index >= 15 is 0 Å². The molecule has 0 unspecified atom stereocenters. The zero-order chi connectivity index (χ0) is 25.4. The summed E-state index contributed by atoms with van der Waals surface area (Å²) in [7, 11) is -1.91. The molecule has 0 heterocycles. The Morgan fingerprint density at radius 1 is 0.833 bits per heavy atom. The van der Waals surface area contributed by atoms with Gasteiger partial charge >= 0.3 is 0 Å². The third kappa shape index (κ3) is 6.65. The standard InChI is InChI=1S/C28H32N2O5S/c1-30(24-8-4-2-5-9-24)36(32,33)27-18-14-23(15-19-27)29-28(31)22-12-16-26(17-13-22)35-21-20-34-25-10-6-3-7-11-25/h3,6-7,10-19,24H,2,4-5,8-9,20-21H2,1H3,(H,29,31). The van der Waals surface area contributed by atoms with E-state index in [0.717, 1.165) is 37.9 Å². The highest BCUT2D eigenvalue weighted by molar-refractivity contribution is 7.89. The highest BCUT2D eigenvalue weighted by atomic mass is 32.2. The lowest BCUT2D eigenvalue weighted by atomic mass is 9.96. The molecule has 1 aliphatic carbocycles. The molecule has 0 aliphatic heterocycles. The number of carbonyl (C=O) groups excluding carboxylic acids is 1. The monoisotopic (exact) mass is 508 g/mol. The maximum absolute atomic E-state index is 13.0. The lowest BCUT2D eigenvalue weighted by Crippen LogP contribution is -2.38. The highest BCUT2D eigenvalue weighted by Gasteiger charge is 2.28. The first-order valence-corrected chi connectivity index (χ1v) is 13.7. The summed E-state index contributed by atoms with van der Waals surface area (Å²) in [4.78, 5) is 12.9. The minimum Gasteiger partial charge on any atom is -0.490 e. The van der Waals surface area contributed by atoms with Gasteiger partial charge in [0.1, 0.15) is 24.7 Å². The molecule has 1 saturated carbocycles. The third-order valence-electron chi connectivity index (χ3n) is 6.36. The van der Waals surface area contributed by atoms with E-state index in [0.29, 0.717) is 30.2 Å². The van der Waals surface area contributed by atoms with Crippen molar-refractivity contribution in [1.29, 1.82) is 0 Å². The molecule has 4 rings (SSSR count). The molecule has 190 valence electrons. The van der Waals surface area contributed by atoms with Crippen molar-refractivity contribution in [2.24, 2.45) is 0 Å². The van der Waals surface area contributed by atoms with Gasteiger partial charge in [-0.05, 0) is 73.5 Å². The lowest BCUT2D eigenvalue weighted by Gasteiger charge is -2.30. The van der Waals surface area contributed by atoms with Crippen LogP contribution in [0.1, 0.15) is 42.5 Å². The Morgan fingerprint density at radius 2 is 1.42 bits per heavy atom. The number of hydrogen-bond acceptors (Lipinski definition) is 5. The van der Waals surface area contributed by atoms with Gasteiger partial charge in [0.15, 0.2) is 0 Å². The van der Waals surface area contributed by atoms with Crippen LogP contribution in [0.5, 0.6) is 11.5 Å². The molecule has 0 atom stereocenters. The van der Waals surface area contributed by atoms with E-state index in [9.17, 15) is 13.2 Å². The molecular formula is C28H32N2O5S. The first kappa shape index (κ1) is 25.7. The quantitative estimate of drug-likeness (QED) is 0.373. The van der Waals surface area contributed by atoms with Crippen molar-refractivity contribution in [3.8, 4) is 11.5 Å². The Hall–Kier alpha value is -3.36. The minimum atomic E-state index is -3.57. The fraction of sp³-hybridized carbons (Fsp3) is 0.321. The summed E-state index contributed by atoms with van der Waals surface area (Å²) in [5, 5.41) is 2.81. The van der Waals surface area contributed by atoms with E-state index in [2.05, 4.69) is 5.32 Å². The van der Waals surface area contributed by atoms with E-state index in [1.807, 2.05) is 30.3 Å². The zero-order valence-corrected chi connectivity index (χ0v) is 21.2. The largest absolute Gasteiger partial charge is 0.490 e. The van der Waals surface area contributed by atoms with Crippen molar-refractivity contribution < 1.29 is 22.7 Å². The van der Waals surface area contributed by atoms with E-state index in [-0.39, 0.29) is 16.8 Å². The van der Waals surface area contributed by atoms with Crippen LogP contribution >= 0.6 is 0 Å². The number of nitrogens with zero attached hydrogens (tertiary/aromatic N) is 1. The van der Waals surface area contributed by atoms with Crippen molar-refractivity contribution in [3.05, 3.63) is 84.4 Å². The fourth-order valence-corrected chi connectivity index (χ4v) is 5.67. The molecule has 3 aromatic carbocycles. The summed E-state index contributed by atoms with van der Waals surface area (Å²) >= 11 is 0. The van der Waals surface area contributed by atoms with Crippen LogP contribution < -0.4 is 14.8 Å². The summed E-state index contributed by atoms with van der Waals surface area (Å²) in [6, 6.07) is 22.7. The molecule has 0 spiro atoms. The second kappa shape index (κ2) is 12.1. The van der Waals surface area contributed by atoms with Crippen LogP contribution in [0.25, 0.3) is 0 Å². The molecule has 0 radical (unpaired) electrons. The molecule has 1 amide bonds. The van der Waals surface area contributed by atoms with Crippen molar-refractivity contribution in [3.63, 3.8) is 0 Å². The van der Waals surface area contributed by atoms with Gasteiger partial charge in [0, 0.05) is 24.3 Å². The van der Waals surface area contributed by atoms with Gasteiger partial charge in [-0.25, -0.2) is 8.42 Å². The van der Waals surface area contributed by atoms with E-state index < -0.39 is 10.0 Å². The Morgan fingerprint density at radius 3 is 2.03 bits per heavy atom. The van der Waals surface area contributed by atoms with Gasteiger partial charge in [-0.3, -0.25) is 4.79 Å². The highest BCUT2D eigenvalue weighted by Crippen LogP contribution is 2.27. The SMILES string of the molecule is CN(C1CCCCC1)S(=O)(=O)c1ccc(NC(=O)c2ccc(OCCOc3ccccc3)cc2)cc1. The van der Waals surface area contributed by atoms with Crippen LogP contribution in [0.4, 0.5) is 5.69 Å². The van der Waals surface area contributed by atoms with Crippen LogP contribution in [0.2, 0.25) is 0 Å². The molecule has 7 nitrogen and oxygen atoms in total. The van der Waals surface area contributed by atoms with E-state index in [1.54, 1.807) is 55.6 Å². The van der Waals surface area contributed by atoms with Crippen LogP contribution in [0.15, 0.2) is 83.8 Å². The van der Waals surface area contributed by atoms with Gasteiger partial charge in [-0.2, -0.15) is 4.31 Å². The van der Waals surface area contributed by atoms with Crippen molar-refractivity contribution >= 4 is 21.6 Å². The molecule has 36 heavy (non-hydrogen) atoms. The number of amides is 1. The number of para-hydroxylation sites is 1. The van der Waals surface area contributed by atoms with Crippen molar-refractivity contribution in [2.75, 3.05) is 25.6 Å². The minimum absolute atomic E-state index is 0.0477. The molecule has 8 heteroatoms. The first-order chi connectivity index (χ1) is 17.4. The maximum atomic E-state index is 13.0. The fourth-order valence-electron chi connectivity index (χ4n) is 4.26. The molecule has 1 aliphatic rings. The molecule has 3 aromatic rings. The van der Waals surface area contributed by atoms with Gasteiger partial charge in [-0.1, -0.05) is 37.5 Å². The Bertz CT molecular complexity index is 1220. The third-order valence-corrected chi connectivity index (χ3v) is 8.28. The number of benzene rings is 3. The lowest BCUT2D eigenvalue weighted by molar-refractivity contribution is 0.102. The summed E-state index contributed by atoms with van der Waals surface area (Å²) < 4.78 is 38.8. The molecule has 0 saturated heterocycles. The Balaban J connectivity index is 1.28. The molecule has 0 aromatic heterocycles. The number of nitrogens with one attached hydrogen (secondary N) is 1.